The molecule has 2 amide bonds. The zero-order chi connectivity index (χ0) is 14.6. The Kier molecular flexibility index (Phi) is 5.63. The van der Waals surface area contributed by atoms with Crippen molar-refractivity contribution in [2.24, 2.45) is 0 Å². The van der Waals surface area contributed by atoms with Crippen LogP contribution in [0.5, 0.6) is 0 Å². The van der Waals surface area contributed by atoms with Gasteiger partial charge < -0.3 is 10.2 Å². The van der Waals surface area contributed by atoms with Crippen LogP contribution >= 0.6 is 23.2 Å². The van der Waals surface area contributed by atoms with E-state index in [-0.39, 0.29) is 24.4 Å². The monoisotopic (exact) mass is 302 g/mol. The fraction of sp³-hybridized carbons (Fsp3) is 0.385. The van der Waals surface area contributed by atoms with Crippen LogP contribution in [0.4, 0.5) is 5.69 Å². The molecular weight excluding hydrogens is 287 g/mol. The molecule has 0 saturated heterocycles. The third-order valence-electron chi connectivity index (χ3n) is 2.33. The van der Waals surface area contributed by atoms with Gasteiger partial charge in [-0.1, -0.05) is 23.2 Å². The number of hydrogen-bond donors (Lipinski definition) is 1. The average molecular weight is 303 g/mol. The van der Waals surface area contributed by atoms with Gasteiger partial charge in [0.05, 0.1) is 10.7 Å². The van der Waals surface area contributed by atoms with Crippen molar-refractivity contribution < 1.29 is 9.59 Å². The Labute approximate surface area is 122 Å². The van der Waals surface area contributed by atoms with Gasteiger partial charge in [-0.3, -0.25) is 9.59 Å². The molecule has 0 aliphatic heterocycles. The summed E-state index contributed by atoms with van der Waals surface area (Å²) in [6.45, 7) is 4.98. The number of hydrogen-bond acceptors (Lipinski definition) is 2. The Hall–Kier alpha value is -1.26. The zero-order valence-electron chi connectivity index (χ0n) is 11.0. The predicted octanol–water partition coefficient (Wildman–Crippen LogP) is 2.87. The van der Waals surface area contributed by atoms with E-state index in [2.05, 4.69) is 5.32 Å². The molecule has 0 unspecified atom stereocenters. The molecule has 0 saturated carbocycles. The first kappa shape index (κ1) is 15.8. The van der Waals surface area contributed by atoms with Gasteiger partial charge in [0, 0.05) is 18.0 Å². The molecule has 0 radical (unpaired) electrons. The molecule has 104 valence electrons. The molecular formula is C13H16Cl2N2O2. The minimum absolute atomic E-state index is 0.0103. The van der Waals surface area contributed by atoms with Gasteiger partial charge in [-0.25, -0.2) is 0 Å². The first-order chi connectivity index (χ1) is 8.81. The summed E-state index contributed by atoms with van der Waals surface area (Å²) in [6, 6.07) is 4.79. The number of anilines is 1. The Morgan fingerprint density at radius 3 is 2.47 bits per heavy atom. The van der Waals surface area contributed by atoms with Crippen LogP contribution in [-0.2, 0) is 9.59 Å². The average Bonchev–Trinajstić information content (AvgIpc) is 2.28. The molecule has 0 spiro atoms. The van der Waals surface area contributed by atoms with E-state index in [4.69, 9.17) is 23.2 Å². The van der Waals surface area contributed by atoms with Crippen LogP contribution in [0.1, 0.15) is 20.8 Å². The summed E-state index contributed by atoms with van der Waals surface area (Å²) < 4.78 is 0. The summed E-state index contributed by atoms with van der Waals surface area (Å²) in [6.07, 6.45) is 0. The van der Waals surface area contributed by atoms with Crippen molar-refractivity contribution in [3.63, 3.8) is 0 Å². The lowest BCUT2D eigenvalue weighted by molar-refractivity contribution is -0.123. The number of amides is 2. The molecule has 1 N–H and O–H groups in total. The molecule has 6 heteroatoms. The Bertz CT molecular complexity index is 490. The molecule has 4 nitrogen and oxygen atoms in total. The molecule has 0 heterocycles. The Morgan fingerprint density at radius 1 is 1.32 bits per heavy atom. The van der Waals surface area contributed by atoms with Gasteiger partial charge in [-0.05, 0) is 32.0 Å². The third-order valence-corrected chi connectivity index (χ3v) is 2.89. The number of carbonyl (C=O) groups excluding carboxylic acids is 2. The van der Waals surface area contributed by atoms with Gasteiger partial charge in [0.1, 0.15) is 6.54 Å². The normalized spacial score (nSPS) is 10.4. The lowest BCUT2D eigenvalue weighted by atomic mass is 10.2. The van der Waals surface area contributed by atoms with Gasteiger partial charge in [0.2, 0.25) is 11.8 Å². The SMILES string of the molecule is CC(=O)N(CC(=O)NC(C)C)c1cc(Cl)ccc1Cl. The van der Waals surface area contributed by atoms with Crippen molar-refractivity contribution in [2.75, 3.05) is 11.4 Å². The van der Waals surface area contributed by atoms with Crippen molar-refractivity contribution in [3.05, 3.63) is 28.2 Å². The van der Waals surface area contributed by atoms with Gasteiger partial charge in [0.25, 0.3) is 0 Å². The van der Waals surface area contributed by atoms with Crippen molar-refractivity contribution >= 4 is 40.7 Å². The van der Waals surface area contributed by atoms with Crippen molar-refractivity contribution in [3.8, 4) is 0 Å². The maximum Gasteiger partial charge on any atom is 0.240 e. The minimum Gasteiger partial charge on any atom is -0.352 e. The van der Waals surface area contributed by atoms with Crippen LogP contribution in [0, 0.1) is 0 Å². The van der Waals surface area contributed by atoms with Crippen LogP contribution in [0.15, 0.2) is 18.2 Å². The first-order valence-electron chi connectivity index (χ1n) is 5.83. The third kappa shape index (κ3) is 4.73. The molecule has 0 aliphatic carbocycles. The second-order valence-electron chi connectivity index (χ2n) is 4.42. The molecule has 0 fully saturated rings. The zero-order valence-corrected chi connectivity index (χ0v) is 12.5. The van der Waals surface area contributed by atoms with E-state index in [1.165, 1.54) is 11.8 Å². The summed E-state index contributed by atoms with van der Waals surface area (Å²) in [7, 11) is 0. The summed E-state index contributed by atoms with van der Waals surface area (Å²) in [5.41, 5.74) is 0.431. The highest BCUT2D eigenvalue weighted by Crippen LogP contribution is 2.29. The van der Waals surface area contributed by atoms with Crippen LogP contribution in [-0.4, -0.2) is 24.4 Å². The Morgan fingerprint density at radius 2 is 1.95 bits per heavy atom. The molecule has 0 atom stereocenters. The molecule has 0 aliphatic rings. The summed E-state index contributed by atoms with van der Waals surface area (Å²) in [4.78, 5) is 24.7. The van der Waals surface area contributed by atoms with Crippen molar-refractivity contribution in [1.82, 2.24) is 5.32 Å². The molecule has 1 aromatic carbocycles. The maximum atomic E-state index is 11.8. The number of nitrogens with one attached hydrogen (secondary N) is 1. The lowest BCUT2D eigenvalue weighted by Crippen LogP contribution is -2.42. The molecule has 0 aromatic heterocycles. The van der Waals surface area contributed by atoms with E-state index in [9.17, 15) is 9.59 Å². The van der Waals surface area contributed by atoms with Crippen LogP contribution in [0.25, 0.3) is 0 Å². The van der Waals surface area contributed by atoms with E-state index in [1.807, 2.05) is 13.8 Å². The number of carbonyl (C=O) groups is 2. The van der Waals surface area contributed by atoms with Crippen LogP contribution in [0.2, 0.25) is 10.0 Å². The molecule has 1 aromatic rings. The quantitative estimate of drug-likeness (QED) is 0.930. The van der Waals surface area contributed by atoms with E-state index < -0.39 is 0 Å². The molecule has 1 rings (SSSR count). The summed E-state index contributed by atoms with van der Waals surface area (Å²) >= 11 is 11.9. The standard InChI is InChI=1S/C13H16Cl2N2O2/c1-8(2)16-13(19)7-17(9(3)18)12-6-10(14)4-5-11(12)15/h4-6,8H,7H2,1-3H3,(H,16,19). The summed E-state index contributed by atoms with van der Waals surface area (Å²) in [5.74, 6) is -0.524. The van der Waals surface area contributed by atoms with Gasteiger partial charge in [-0.15, -0.1) is 0 Å². The fourth-order valence-electron chi connectivity index (χ4n) is 1.57. The highest BCUT2D eigenvalue weighted by atomic mass is 35.5. The lowest BCUT2D eigenvalue weighted by Gasteiger charge is -2.22. The highest BCUT2D eigenvalue weighted by molar-refractivity contribution is 6.35. The van der Waals surface area contributed by atoms with Crippen LogP contribution in [0.3, 0.4) is 0 Å². The minimum atomic E-state index is -0.275. The van der Waals surface area contributed by atoms with Crippen molar-refractivity contribution in [1.29, 1.82) is 0 Å². The smallest absolute Gasteiger partial charge is 0.240 e. The molecule has 19 heavy (non-hydrogen) atoms. The number of rotatable bonds is 4. The first-order valence-corrected chi connectivity index (χ1v) is 6.59. The second kappa shape index (κ2) is 6.78. The Balaban J connectivity index is 2.98. The fourth-order valence-corrected chi connectivity index (χ4v) is 1.96. The second-order valence-corrected chi connectivity index (χ2v) is 5.27. The predicted molar refractivity (Wildman–Crippen MR) is 77.8 cm³/mol. The van der Waals surface area contributed by atoms with E-state index >= 15 is 0 Å². The molecule has 0 bridgehead atoms. The highest BCUT2D eigenvalue weighted by Gasteiger charge is 2.19. The topological polar surface area (TPSA) is 49.4 Å². The van der Waals surface area contributed by atoms with Gasteiger partial charge >= 0.3 is 0 Å². The largest absolute Gasteiger partial charge is 0.352 e. The summed E-state index contributed by atoms with van der Waals surface area (Å²) in [5, 5.41) is 3.55. The van der Waals surface area contributed by atoms with Crippen LogP contribution < -0.4 is 10.2 Å². The maximum absolute atomic E-state index is 11.8. The van der Waals surface area contributed by atoms with Gasteiger partial charge in [0.15, 0.2) is 0 Å². The van der Waals surface area contributed by atoms with E-state index in [1.54, 1.807) is 18.2 Å². The number of nitrogens with zero attached hydrogens (tertiary/aromatic N) is 1. The van der Waals surface area contributed by atoms with E-state index in [0.29, 0.717) is 15.7 Å². The number of halogens is 2. The van der Waals surface area contributed by atoms with Crippen molar-refractivity contribution in [2.45, 2.75) is 26.8 Å². The number of benzene rings is 1. The van der Waals surface area contributed by atoms with E-state index in [0.717, 1.165) is 0 Å². The van der Waals surface area contributed by atoms with Gasteiger partial charge in [-0.2, -0.15) is 0 Å².